The van der Waals surface area contributed by atoms with Crippen LogP contribution < -0.4 is 9.64 Å². The zero-order valence-corrected chi connectivity index (χ0v) is 22.6. The number of piperidine rings is 1. The number of alkyl halides is 3. The summed E-state index contributed by atoms with van der Waals surface area (Å²) in [7, 11) is 0. The van der Waals surface area contributed by atoms with Crippen molar-refractivity contribution in [3.8, 4) is 23.1 Å². The lowest BCUT2D eigenvalue weighted by atomic mass is 9.98. The molecule has 3 aliphatic carbocycles. The maximum absolute atomic E-state index is 13.8. The van der Waals surface area contributed by atoms with Gasteiger partial charge in [0.25, 0.3) is 0 Å². The molecule has 4 aliphatic rings. The van der Waals surface area contributed by atoms with Crippen molar-refractivity contribution < 1.29 is 22.4 Å². The molecule has 2 aromatic heterocycles. The summed E-state index contributed by atoms with van der Waals surface area (Å²) in [5.74, 6) is 2.96. The predicted octanol–water partition coefficient (Wildman–Crippen LogP) is 7.59. The van der Waals surface area contributed by atoms with E-state index in [0.717, 1.165) is 61.4 Å². The van der Waals surface area contributed by atoms with E-state index in [9.17, 15) is 18.4 Å². The summed E-state index contributed by atoms with van der Waals surface area (Å²) >= 11 is 0. The number of hydrogen-bond donors (Lipinski definition) is 0. The standard InChI is InChI=1S/C33H27F3N4O2/c34-33(35,36)28-4-2-1-3-23(28)31-24(32(42-39-31)18-5-6-18)11-10-22-26-16-40(17-27(22)26)20-7-12-29-25(14-20)30(41-21-8-9-21)13-19(15-37)38-29/h1-4,7,10-14,18,21-22,26-27H,5-6,8-9,16-17H2/b11-10+. The molecule has 9 heteroatoms. The van der Waals surface area contributed by atoms with Gasteiger partial charge in [0.1, 0.15) is 29.0 Å². The lowest BCUT2D eigenvalue weighted by Crippen LogP contribution is -2.23. The van der Waals surface area contributed by atoms with Crippen LogP contribution in [0.5, 0.6) is 5.75 Å². The molecule has 4 fully saturated rings. The average molecular weight is 569 g/mol. The van der Waals surface area contributed by atoms with Crippen LogP contribution in [0.4, 0.5) is 18.9 Å². The normalized spacial score (nSPS) is 23.4. The molecule has 3 saturated carbocycles. The van der Waals surface area contributed by atoms with Crippen LogP contribution in [0.2, 0.25) is 0 Å². The van der Waals surface area contributed by atoms with Crippen molar-refractivity contribution in [2.75, 3.05) is 18.0 Å². The summed E-state index contributed by atoms with van der Waals surface area (Å²) in [4.78, 5) is 6.84. The molecule has 1 aliphatic heterocycles. The Morgan fingerprint density at radius 2 is 1.81 bits per heavy atom. The number of rotatable bonds is 7. The van der Waals surface area contributed by atoms with Crippen molar-refractivity contribution in [3.63, 3.8) is 0 Å². The van der Waals surface area contributed by atoms with Gasteiger partial charge in [0, 0.05) is 47.3 Å². The van der Waals surface area contributed by atoms with Gasteiger partial charge < -0.3 is 14.2 Å². The number of fused-ring (bicyclic) bond motifs is 2. The van der Waals surface area contributed by atoms with Gasteiger partial charge in [-0.2, -0.15) is 18.4 Å². The number of benzene rings is 2. The van der Waals surface area contributed by atoms with Crippen LogP contribution >= 0.6 is 0 Å². The Balaban J connectivity index is 1.03. The molecule has 2 atom stereocenters. The number of ether oxygens (including phenoxy) is 1. The van der Waals surface area contributed by atoms with Crippen molar-refractivity contribution >= 4 is 22.7 Å². The first-order valence-corrected chi connectivity index (χ1v) is 14.5. The Morgan fingerprint density at radius 1 is 1.02 bits per heavy atom. The monoisotopic (exact) mass is 568 g/mol. The van der Waals surface area contributed by atoms with Crippen LogP contribution in [0.25, 0.3) is 28.2 Å². The number of hydrogen-bond acceptors (Lipinski definition) is 6. The maximum atomic E-state index is 13.8. The fourth-order valence-electron chi connectivity index (χ4n) is 6.42. The molecule has 0 radical (unpaired) electrons. The lowest BCUT2D eigenvalue weighted by Gasteiger charge is -2.22. The van der Waals surface area contributed by atoms with E-state index in [-0.39, 0.29) is 23.3 Å². The van der Waals surface area contributed by atoms with Crippen LogP contribution in [0.1, 0.15) is 54.2 Å². The van der Waals surface area contributed by atoms with Gasteiger partial charge in [-0.25, -0.2) is 4.98 Å². The first-order valence-electron chi connectivity index (χ1n) is 14.5. The molecule has 0 spiro atoms. The number of aromatic nitrogens is 2. The van der Waals surface area contributed by atoms with E-state index in [1.165, 1.54) is 12.1 Å². The van der Waals surface area contributed by atoms with Crippen molar-refractivity contribution in [2.24, 2.45) is 17.8 Å². The number of nitriles is 1. The molecule has 3 heterocycles. The Labute approximate surface area is 240 Å². The minimum Gasteiger partial charge on any atom is -0.490 e. The first kappa shape index (κ1) is 25.4. The first-order chi connectivity index (χ1) is 20.4. The summed E-state index contributed by atoms with van der Waals surface area (Å²) in [6, 6.07) is 15.6. The van der Waals surface area contributed by atoms with Gasteiger partial charge in [-0.15, -0.1) is 0 Å². The molecule has 0 amide bonds. The molecule has 42 heavy (non-hydrogen) atoms. The number of halogens is 3. The number of anilines is 1. The largest absolute Gasteiger partial charge is 0.490 e. The average Bonchev–Trinajstić information content (AvgIpc) is 3.96. The third kappa shape index (κ3) is 4.50. The summed E-state index contributed by atoms with van der Waals surface area (Å²) in [5.41, 5.74) is 2.51. The summed E-state index contributed by atoms with van der Waals surface area (Å²) in [6.07, 6.45) is 3.84. The molecular formula is C33H27F3N4O2. The molecule has 2 unspecified atom stereocenters. The zero-order chi connectivity index (χ0) is 28.6. The topological polar surface area (TPSA) is 75.2 Å². The van der Waals surface area contributed by atoms with E-state index >= 15 is 0 Å². The Morgan fingerprint density at radius 3 is 2.52 bits per heavy atom. The van der Waals surface area contributed by atoms with E-state index < -0.39 is 11.7 Å². The van der Waals surface area contributed by atoms with Crippen LogP contribution in [0.3, 0.4) is 0 Å². The highest BCUT2D eigenvalue weighted by molar-refractivity contribution is 5.89. The molecule has 0 bridgehead atoms. The van der Waals surface area contributed by atoms with Gasteiger partial charge >= 0.3 is 6.18 Å². The maximum Gasteiger partial charge on any atom is 0.417 e. The molecule has 2 aromatic carbocycles. The van der Waals surface area contributed by atoms with E-state index in [2.05, 4.69) is 39.3 Å². The van der Waals surface area contributed by atoms with E-state index in [1.54, 1.807) is 12.1 Å². The fourth-order valence-corrected chi connectivity index (χ4v) is 6.42. The third-order valence-corrected chi connectivity index (χ3v) is 8.99. The van der Waals surface area contributed by atoms with Crippen molar-refractivity contribution in [2.45, 2.75) is 43.9 Å². The van der Waals surface area contributed by atoms with Crippen molar-refractivity contribution in [1.82, 2.24) is 10.1 Å². The number of pyridine rings is 1. The van der Waals surface area contributed by atoms with Gasteiger partial charge in [0.2, 0.25) is 0 Å². The SMILES string of the molecule is N#Cc1cc(OC2CC2)c2cc(N3CC4C(/C=C/c5c(-c6ccccc6C(F)(F)F)noc5C5CC5)C4C3)ccc2n1. The quantitative estimate of drug-likeness (QED) is 0.229. The van der Waals surface area contributed by atoms with Crippen LogP contribution in [0, 0.1) is 29.1 Å². The number of allylic oxidation sites excluding steroid dienone is 1. The van der Waals surface area contributed by atoms with Crippen LogP contribution in [-0.4, -0.2) is 29.3 Å². The Hall–Kier alpha value is -4.32. The van der Waals surface area contributed by atoms with E-state index in [1.807, 2.05) is 12.1 Å². The summed E-state index contributed by atoms with van der Waals surface area (Å²) in [6.45, 7) is 1.80. The van der Waals surface area contributed by atoms with Crippen molar-refractivity contribution in [1.29, 1.82) is 5.26 Å². The van der Waals surface area contributed by atoms with Gasteiger partial charge in [-0.3, -0.25) is 0 Å². The summed E-state index contributed by atoms with van der Waals surface area (Å²) in [5, 5.41) is 14.4. The summed E-state index contributed by atoms with van der Waals surface area (Å²) < 4.78 is 53.1. The molecule has 1 saturated heterocycles. The molecule has 4 aromatic rings. The van der Waals surface area contributed by atoms with Crippen LogP contribution in [0.15, 0.2) is 59.1 Å². The minimum absolute atomic E-state index is 0.0557. The highest BCUT2D eigenvalue weighted by atomic mass is 19.4. The van der Waals surface area contributed by atoms with Gasteiger partial charge in [0.15, 0.2) is 0 Å². The molecule has 212 valence electrons. The zero-order valence-electron chi connectivity index (χ0n) is 22.6. The molecular weight excluding hydrogens is 541 g/mol. The lowest BCUT2D eigenvalue weighted by molar-refractivity contribution is -0.137. The van der Waals surface area contributed by atoms with Gasteiger partial charge in [0.05, 0.1) is 17.2 Å². The molecule has 6 nitrogen and oxygen atoms in total. The van der Waals surface area contributed by atoms with Gasteiger partial charge in [-0.05, 0) is 67.7 Å². The number of nitrogens with zero attached hydrogens (tertiary/aromatic N) is 4. The highest BCUT2D eigenvalue weighted by Gasteiger charge is 2.54. The smallest absolute Gasteiger partial charge is 0.417 e. The predicted molar refractivity (Wildman–Crippen MR) is 151 cm³/mol. The highest BCUT2D eigenvalue weighted by Crippen LogP contribution is 2.54. The Bertz CT molecular complexity index is 1770. The van der Waals surface area contributed by atoms with E-state index in [0.29, 0.717) is 40.5 Å². The third-order valence-electron chi connectivity index (χ3n) is 8.99. The van der Waals surface area contributed by atoms with Crippen LogP contribution in [-0.2, 0) is 6.18 Å². The molecule has 8 rings (SSSR count). The fraction of sp³-hybridized carbons (Fsp3) is 0.364. The van der Waals surface area contributed by atoms with Gasteiger partial charge in [-0.1, -0.05) is 35.5 Å². The molecule has 0 N–H and O–H groups in total. The second-order valence-corrected chi connectivity index (χ2v) is 11.9. The Kier molecular flexibility index (Phi) is 5.65. The van der Waals surface area contributed by atoms with Crippen molar-refractivity contribution in [3.05, 3.63) is 77.2 Å². The van der Waals surface area contributed by atoms with E-state index in [4.69, 9.17) is 9.26 Å². The second kappa shape index (κ2) is 9.35. The minimum atomic E-state index is -4.48. The second-order valence-electron chi connectivity index (χ2n) is 11.9.